The molecule has 88 valence electrons. The van der Waals surface area contributed by atoms with Crippen molar-refractivity contribution in [1.29, 1.82) is 0 Å². The number of fused-ring (bicyclic) bond motifs is 3. The number of hydrogen-bond donors (Lipinski definition) is 1. The lowest BCUT2D eigenvalue weighted by atomic mass is 9.94. The molecule has 0 fully saturated rings. The maximum absolute atomic E-state index is 4.36. The first kappa shape index (κ1) is 10.4. The quantitative estimate of drug-likeness (QED) is 0.808. The zero-order chi connectivity index (χ0) is 12.0. The summed E-state index contributed by atoms with van der Waals surface area (Å²) in [7, 11) is 0. The van der Waals surface area contributed by atoms with Crippen LogP contribution in [0, 0.1) is 0 Å². The molecule has 0 bridgehead atoms. The highest BCUT2D eigenvalue weighted by atomic mass is 15.2. The smallest absolute Gasteiger partial charge is 0.207 e. The van der Waals surface area contributed by atoms with E-state index in [-0.39, 0.29) is 0 Å². The summed E-state index contributed by atoms with van der Waals surface area (Å²) >= 11 is 0. The predicted octanol–water partition coefficient (Wildman–Crippen LogP) is 3.48. The molecule has 17 heavy (non-hydrogen) atoms. The first-order valence-electron chi connectivity index (χ1n) is 6.11. The van der Waals surface area contributed by atoms with E-state index in [1.807, 2.05) is 12.4 Å². The van der Waals surface area contributed by atoms with E-state index < -0.39 is 0 Å². The Balaban J connectivity index is 2.31. The van der Waals surface area contributed by atoms with Gasteiger partial charge in [-0.05, 0) is 24.0 Å². The van der Waals surface area contributed by atoms with Crippen LogP contribution in [0.15, 0.2) is 30.6 Å². The second kappa shape index (κ2) is 3.62. The van der Waals surface area contributed by atoms with E-state index in [9.17, 15) is 0 Å². The lowest BCUT2D eigenvalue weighted by Crippen LogP contribution is -2.20. The largest absolute Gasteiger partial charge is 0.349 e. The molecule has 1 aliphatic heterocycles. The summed E-state index contributed by atoms with van der Waals surface area (Å²) in [5.41, 5.74) is 4.04. The van der Waals surface area contributed by atoms with Gasteiger partial charge in [0.15, 0.2) is 0 Å². The Morgan fingerprint density at radius 1 is 1.35 bits per heavy atom. The van der Waals surface area contributed by atoms with Crippen LogP contribution in [0.4, 0.5) is 5.95 Å². The van der Waals surface area contributed by atoms with Crippen molar-refractivity contribution in [3.05, 3.63) is 41.7 Å². The summed E-state index contributed by atoms with van der Waals surface area (Å²) in [4.78, 5) is 4.36. The number of hydrogen-bond acceptors (Lipinski definition) is 2. The van der Waals surface area contributed by atoms with Crippen molar-refractivity contribution in [3.8, 4) is 5.69 Å². The third-order valence-corrected chi connectivity index (χ3v) is 3.41. The molecule has 1 unspecified atom stereocenters. The number of rotatable bonds is 1. The number of aromatic nitrogens is 2. The zero-order valence-electron chi connectivity index (χ0n) is 10.4. The van der Waals surface area contributed by atoms with Crippen molar-refractivity contribution in [2.24, 2.45) is 0 Å². The maximum Gasteiger partial charge on any atom is 0.207 e. The fraction of sp³-hybridized carbons (Fsp3) is 0.357. The monoisotopic (exact) mass is 227 g/mol. The van der Waals surface area contributed by atoms with Crippen molar-refractivity contribution in [2.45, 2.75) is 32.7 Å². The SMILES string of the molecule is CC(C)c1cccc2c1-n1ccnc1NC2C. The molecule has 1 N–H and O–H groups in total. The van der Waals surface area contributed by atoms with Gasteiger partial charge in [0, 0.05) is 12.4 Å². The molecule has 0 saturated heterocycles. The van der Waals surface area contributed by atoms with Gasteiger partial charge in [-0.3, -0.25) is 4.57 Å². The van der Waals surface area contributed by atoms with Crippen molar-refractivity contribution in [1.82, 2.24) is 9.55 Å². The Labute approximate surface area is 101 Å². The van der Waals surface area contributed by atoms with E-state index in [1.54, 1.807) is 0 Å². The lowest BCUT2D eigenvalue weighted by Gasteiger charge is -2.28. The summed E-state index contributed by atoms with van der Waals surface area (Å²) < 4.78 is 2.16. The van der Waals surface area contributed by atoms with Crippen molar-refractivity contribution in [2.75, 3.05) is 5.32 Å². The van der Waals surface area contributed by atoms with Gasteiger partial charge in [0.25, 0.3) is 0 Å². The van der Waals surface area contributed by atoms with Crippen LogP contribution < -0.4 is 5.32 Å². The Bertz CT molecular complexity index is 540. The Kier molecular flexibility index (Phi) is 2.21. The van der Waals surface area contributed by atoms with E-state index in [2.05, 4.69) is 53.8 Å². The Morgan fingerprint density at radius 3 is 2.94 bits per heavy atom. The van der Waals surface area contributed by atoms with E-state index >= 15 is 0 Å². The molecule has 1 aliphatic rings. The van der Waals surface area contributed by atoms with Crippen LogP contribution in [0.3, 0.4) is 0 Å². The Morgan fingerprint density at radius 2 is 2.18 bits per heavy atom. The summed E-state index contributed by atoms with van der Waals surface area (Å²) in [6.07, 6.45) is 3.88. The fourth-order valence-corrected chi connectivity index (χ4v) is 2.54. The van der Waals surface area contributed by atoms with Gasteiger partial charge in [-0.25, -0.2) is 4.98 Å². The van der Waals surface area contributed by atoms with E-state index in [1.165, 1.54) is 16.8 Å². The van der Waals surface area contributed by atoms with Crippen LogP contribution >= 0.6 is 0 Å². The van der Waals surface area contributed by atoms with Crippen LogP contribution in [-0.2, 0) is 0 Å². The molecule has 2 heterocycles. The molecule has 3 nitrogen and oxygen atoms in total. The highest BCUT2D eigenvalue weighted by Gasteiger charge is 2.24. The van der Waals surface area contributed by atoms with Crippen LogP contribution in [0.25, 0.3) is 5.69 Å². The van der Waals surface area contributed by atoms with Crippen molar-refractivity contribution < 1.29 is 0 Å². The van der Waals surface area contributed by atoms with E-state index in [4.69, 9.17) is 0 Å². The summed E-state index contributed by atoms with van der Waals surface area (Å²) in [5, 5.41) is 3.41. The number of para-hydroxylation sites is 1. The molecule has 1 aromatic heterocycles. The van der Waals surface area contributed by atoms with Gasteiger partial charge in [-0.15, -0.1) is 0 Å². The Hall–Kier alpha value is -1.77. The average Bonchev–Trinajstić information content (AvgIpc) is 2.76. The fourth-order valence-electron chi connectivity index (χ4n) is 2.54. The molecule has 0 amide bonds. The van der Waals surface area contributed by atoms with Gasteiger partial charge in [-0.1, -0.05) is 32.0 Å². The molecule has 1 aromatic carbocycles. The van der Waals surface area contributed by atoms with Gasteiger partial charge in [-0.2, -0.15) is 0 Å². The van der Waals surface area contributed by atoms with Gasteiger partial charge >= 0.3 is 0 Å². The molecule has 0 radical (unpaired) electrons. The van der Waals surface area contributed by atoms with Crippen molar-refractivity contribution >= 4 is 5.95 Å². The number of anilines is 1. The molecular formula is C14H17N3. The summed E-state index contributed by atoms with van der Waals surface area (Å²) in [6.45, 7) is 6.65. The predicted molar refractivity (Wildman–Crippen MR) is 69.7 cm³/mol. The molecule has 0 saturated carbocycles. The third-order valence-electron chi connectivity index (χ3n) is 3.41. The van der Waals surface area contributed by atoms with Crippen molar-refractivity contribution in [3.63, 3.8) is 0 Å². The van der Waals surface area contributed by atoms with Gasteiger partial charge in [0.2, 0.25) is 5.95 Å². The van der Waals surface area contributed by atoms with Crippen LogP contribution in [0.2, 0.25) is 0 Å². The second-order valence-corrected chi connectivity index (χ2v) is 4.93. The number of nitrogens with one attached hydrogen (secondary N) is 1. The minimum absolute atomic E-state index is 0.318. The molecular weight excluding hydrogens is 210 g/mol. The topological polar surface area (TPSA) is 29.9 Å². The zero-order valence-corrected chi connectivity index (χ0v) is 10.4. The van der Waals surface area contributed by atoms with Gasteiger partial charge in [0.1, 0.15) is 0 Å². The van der Waals surface area contributed by atoms with E-state index in [0.29, 0.717) is 12.0 Å². The van der Waals surface area contributed by atoms with Crippen LogP contribution in [-0.4, -0.2) is 9.55 Å². The molecule has 0 aliphatic carbocycles. The maximum atomic E-state index is 4.36. The van der Waals surface area contributed by atoms with Crippen LogP contribution in [0.5, 0.6) is 0 Å². The number of nitrogens with zero attached hydrogens (tertiary/aromatic N) is 2. The minimum Gasteiger partial charge on any atom is -0.349 e. The summed E-state index contributed by atoms with van der Waals surface area (Å²) in [5.74, 6) is 1.46. The standard InChI is InChI=1S/C14H17N3/c1-9(2)11-5-4-6-12-10(3)16-14-15-7-8-17(14)13(11)12/h4-10H,1-3H3,(H,15,16). The normalized spacial score (nSPS) is 17.5. The number of imidazole rings is 1. The van der Waals surface area contributed by atoms with E-state index in [0.717, 1.165) is 5.95 Å². The molecule has 0 spiro atoms. The average molecular weight is 227 g/mol. The second-order valence-electron chi connectivity index (χ2n) is 4.93. The lowest BCUT2D eigenvalue weighted by molar-refractivity contribution is 0.772. The third kappa shape index (κ3) is 1.46. The first-order chi connectivity index (χ1) is 8.18. The number of benzene rings is 1. The highest BCUT2D eigenvalue weighted by Crippen LogP contribution is 2.36. The van der Waals surface area contributed by atoms with Crippen LogP contribution in [0.1, 0.15) is 43.9 Å². The highest BCUT2D eigenvalue weighted by molar-refractivity contribution is 5.59. The molecule has 1 atom stereocenters. The minimum atomic E-state index is 0.318. The molecule has 2 aromatic rings. The van der Waals surface area contributed by atoms with Gasteiger partial charge < -0.3 is 5.32 Å². The molecule has 3 rings (SSSR count). The summed E-state index contributed by atoms with van der Waals surface area (Å²) in [6, 6.07) is 6.88. The molecule has 3 heteroatoms. The first-order valence-corrected chi connectivity index (χ1v) is 6.11. The van der Waals surface area contributed by atoms with Gasteiger partial charge in [0.05, 0.1) is 11.7 Å².